The molecule has 2 heterocycles. The van der Waals surface area contributed by atoms with Crippen LogP contribution >= 0.6 is 0 Å². The topological polar surface area (TPSA) is 83.4 Å². The third kappa shape index (κ3) is 3.37. The van der Waals surface area contributed by atoms with Gasteiger partial charge in [-0.05, 0) is 5.56 Å². The molecule has 0 aliphatic carbocycles. The zero-order valence-corrected chi connectivity index (χ0v) is 13.7. The van der Waals surface area contributed by atoms with E-state index in [1.807, 2.05) is 30.3 Å². The average molecular weight is 328 g/mol. The number of aromatic nitrogens is 3. The van der Waals surface area contributed by atoms with Gasteiger partial charge >= 0.3 is 6.03 Å². The summed E-state index contributed by atoms with van der Waals surface area (Å²) in [5, 5.41) is 10.8. The van der Waals surface area contributed by atoms with Crippen LogP contribution in [0.3, 0.4) is 0 Å². The number of urea groups is 1. The minimum Gasteiger partial charge on any atom is -0.343 e. The van der Waals surface area contributed by atoms with E-state index in [0.717, 1.165) is 5.56 Å². The number of likely N-dealkylation sites (tertiary alicyclic amines) is 1. The lowest BCUT2D eigenvalue weighted by molar-refractivity contribution is 0.0821. The smallest absolute Gasteiger partial charge is 0.317 e. The third-order valence-electron chi connectivity index (χ3n) is 3.95. The van der Waals surface area contributed by atoms with Crippen molar-refractivity contribution in [2.24, 2.45) is 0 Å². The fourth-order valence-corrected chi connectivity index (χ4v) is 2.46. The van der Waals surface area contributed by atoms with Crippen LogP contribution in [-0.4, -0.2) is 63.9 Å². The Morgan fingerprint density at radius 3 is 2.62 bits per heavy atom. The molecule has 126 valence electrons. The Balaban J connectivity index is 1.48. The Bertz CT molecular complexity index is 721. The van der Waals surface area contributed by atoms with Gasteiger partial charge in [0.25, 0.3) is 5.91 Å². The van der Waals surface area contributed by atoms with Crippen LogP contribution in [0.5, 0.6) is 0 Å². The molecule has 1 aliphatic rings. The van der Waals surface area contributed by atoms with Crippen LogP contribution in [0, 0.1) is 0 Å². The minimum absolute atomic E-state index is 0.0590. The van der Waals surface area contributed by atoms with E-state index in [-0.39, 0.29) is 18.0 Å². The van der Waals surface area contributed by atoms with Crippen molar-refractivity contribution < 1.29 is 9.59 Å². The lowest BCUT2D eigenvalue weighted by atomic mass is 10.1. The number of rotatable bonds is 4. The summed E-state index contributed by atoms with van der Waals surface area (Å²) in [6.07, 6.45) is 1.63. The van der Waals surface area contributed by atoms with Gasteiger partial charge in [0.15, 0.2) is 5.69 Å². The summed E-state index contributed by atoms with van der Waals surface area (Å²) >= 11 is 0. The van der Waals surface area contributed by atoms with E-state index in [9.17, 15) is 9.59 Å². The van der Waals surface area contributed by atoms with Crippen LogP contribution in [0.4, 0.5) is 4.79 Å². The molecule has 1 aliphatic heterocycles. The molecule has 0 radical (unpaired) electrons. The summed E-state index contributed by atoms with van der Waals surface area (Å²) in [5.74, 6) is -0.182. The van der Waals surface area contributed by atoms with Gasteiger partial charge in [-0.25, -0.2) is 9.48 Å². The van der Waals surface area contributed by atoms with E-state index in [0.29, 0.717) is 25.3 Å². The molecule has 24 heavy (non-hydrogen) atoms. The second-order valence-electron chi connectivity index (χ2n) is 5.99. The van der Waals surface area contributed by atoms with Gasteiger partial charge in [-0.2, -0.15) is 0 Å². The summed E-state index contributed by atoms with van der Waals surface area (Å²) in [5.41, 5.74) is 1.37. The molecule has 3 amide bonds. The maximum Gasteiger partial charge on any atom is 0.317 e. The predicted molar refractivity (Wildman–Crippen MR) is 87.3 cm³/mol. The molecule has 1 N–H and O–H groups in total. The normalized spacial score (nSPS) is 14.2. The molecule has 0 spiro atoms. The van der Waals surface area contributed by atoms with Gasteiger partial charge in [0.1, 0.15) is 0 Å². The molecule has 0 atom stereocenters. The molecular weight excluding hydrogens is 308 g/mol. The monoisotopic (exact) mass is 328 g/mol. The average Bonchev–Trinajstić information content (AvgIpc) is 3.01. The highest BCUT2D eigenvalue weighted by Gasteiger charge is 2.33. The zero-order chi connectivity index (χ0) is 17.1. The van der Waals surface area contributed by atoms with Crippen LogP contribution in [0.15, 0.2) is 36.5 Å². The molecule has 0 bridgehead atoms. The maximum absolute atomic E-state index is 12.1. The Hall–Kier alpha value is -2.90. The summed E-state index contributed by atoms with van der Waals surface area (Å²) in [7, 11) is 3.34. The SMILES string of the molecule is CN(C)C(=O)c1cn(C2CN(C(=O)NCc3ccccc3)C2)nn1. The molecule has 0 unspecified atom stereocenters. The molecule has 0 saturated carbocycles. The molecule has 1 saturated heterocycles. The maximum atomic E-state index is 12.1. The van der Waals surface area contributed by atoms with Crippen LogP contribution in [-0.2, 0) is 6.54 Å². The molecule has 1 aromatic heterocycles. The molecular formula is C16H20N6O2. The summed E-state index contributed by atoms with van der Waals surface area (Å²) in [6, 6.07) is 9.73. The van der Waals surface area contributed by atoms with Gasteiger partial charge in [0.2, 0.25) is 0 Å². The van der Waals surface area contributed by atoms with Gasteiger partial charge in [-0.15, -0.1) is 5.10 Å². The number of amides is 3. The fourth-order valence-electron chi connectivity index (χ4n) is 2.46. The summed E-state index contributed by atoms with van der Waals surface area (Å²) < 4.78 is 1.65. The quantitative estimate of drug-likeness (QED) is 0.897. The Morgan fingerprint density at radius 1 is 1.25 bits per heavy atom. The number of carbonyl (C=O) groups excluding carboxylic acids is 2. The zero-order valence-electron chi connectivity index (χ0n) is 13.7. The van der Waals surface area contributed by atoms with E-state index in [2.05, 4.69) is 15.6 Å². The molecule has 8 heteroatoms. The molecule has 3 rings (SSSR count). The molecule has 1 fully saturated rings. The highest BCUT2D eigenvalue weighted by Crippen LogP contribution is 2.20. The third-order valence-corrected chi connectivity index (χ3v) is 3.95. The van der Waals surface area contributed by atoms with Crippen molar-refractivity contribution in [2.45, 2.75) is 12.6 Å². The van der Waals surface area contributed by atoms with Crippen molar-refractivity contribution in [1.82, 2.24) is 30.1 Å². The van der Waals surface area contributed by atoms with E-state index in [1.54, 1.807) is 29.9 Å². The van der Waals surface area contributed by atoms with Gasteiger partial charge < -0.3 is 15.1 Å². The first kappa shape index (κ1) is 16.0. The van der Waals surface area contributed by atoms with E-state index in [1.165, 1.54) is 4.90 Å². The van der Waals surface area contributed by atoms with Gasteiger partial charge in [0, 0.05) is 33.7 Å². The summed E-state index contributed by atoms with van der Waals surface area (Å²) in [6.45, 7) is 1.62. The lowest BCUT2D eigenvalue weighted by Crippen LogP contribution is -2.54. The van der Waals surface area contributed by atoms with Gasteiger partial charge in [0.05, 0.1) is 12.2 Å². The van der Waals surface area contributed by atoms with Crippen LogP contribution in [0.1, 0.15) is 22.1 Å². The predicted octanol–water partition coefficient (Wildman–Crippen LogP) is 0.746. The first-order chi connectivity index (χ1) is 11.5. The van der Waals surface area contributed by atoms with Gasteiger partial charge in [-0.3, -0.25) is 4.79 Å². The molecule has 1 aromatic carbocycles. The first-order valence-electron chi connectivity index (χ1n) is 7.75. The number of nitrogens with zero attached hydrogens (tertiary/aromatic N) is 5. The van der Waals surface area contributed by atoms with Crippen molar-refractivity contribution in [1.29, 1.82) is 0 Å². The number of hydrogen-bond donors (Lipinski definition) is 1. The van der Waals surface area contributed by atoms with Crippen molar-refractivity contribution in [3.05, 3.63) is 47.8 Å². The number of nitrogens with one attached hydrogen (secondary N) is 1. The molecule has 2 aromatic rings. The second-order valence-corrected chi connectivity index (χ2v) is 5.99. The summed E-state index contributed by atoms with van der Waals surface area (Å²) in [4.78, 5) is 27.1. The Kier molecular flexibility index (Phi) is 4.45. The van der Waals surface area contributed by atoms with E-state index in [4.69, 9.17) is 0 Å². The highest BCUT2D eigenvalue weighted by molar-refractivity contribution is 5.91. The van der Waals surface area contributed by atoms with Crippen LogP contribution < -0.4 is 5.32 Å². The lowest BCUT2D eigenvalue weighted by Gasteiger charge is -2.38. The highest BCUT2D eigenvalue weighted by atomic mass is 16.2. The number of hydrogen-bond acceptors (Lipinski definition) is 4. The largest absolute Gasteiger partial charge is 0.343 e. The van der Waals surface area contributed by atoms with Crippen molar-refractivity contribution in [2.75, 3.05) is 27.2 Å². The first-order valence-corrected chi connectivity index (χ1v) is 7.75. The Labute approximate surface area is 140 Å². The molecule has 8 nitrogen and oxygen atoms in total. The standard InChI is InChI=1S/C16H20N6O2/c1-20(2)15(23)14-11-22(19-18-14)13-9-21(10-13)16(24)17-8-12-6-4-3-5-7-12/h3-7,11,13H,8-10H2,1-2H3,(H,17,24). The van der Waals surface area contributed by atoms with Crippen molar-refractivity contribution in [3.63, 3.8) is 0 Å². The van der Waals surface area contributed by atoms with Crippen molar-refractivity contribution >= 4 is 11.9 Å². The second kappa shape index (κ2) is 6.69. The number of carbonyl (C=O) groups is 2. The Morgan fingerprint density at radius 2 is 1.96 bits per heavy atom. The number of benzene rings is 1. The van der Waals surface area contributed by atoms with E-state index >= 15 is 0 Å². The van der Waals surface area contributed by atoms with Crippen molar-refractivity contribution in [3.8, 4) is 0 Å². The van der Waals surface area contributed by atoms with E-state index < -0.39 is 0 Å². The van der Waals surface area contributed by atoms with Gasteiger partial charge in [-0.1, -0.05) is 35.5 Å². The van der Waals surface area contributed by atoms with Crippen LogP contribution in [0.25, 0.3) is 0 Å². The fraction of sp³-hybridized carbons (Fsp3) is 0.375. The van der Waals surface area contributed by atoms with Crippen LogP contribution in [0.2, 0.25) is 0 Å². The minimum atomic E-state index is -0.182.